The molecule has 3 heterocycles. The number of rotatable bonds is 6. The van der Waals surface area contributed by atoms with Crippen molar-refractivity contribution >= 4 is 11.8 Å². The predicted molar refractivity (Wildman–Crippen MR) is 114 cm³/mol. The maximum atomic E-state index is 13.0. The Bertz CT molecular complexity index is 882. The topological polar surface area (TPSA) is 67.7 Å². The maximum Gasteiger partial charge on any atom is 0.257 e. The summed E-state index contributed by atoms with van der Waals surface area (Å²) in [6.45, 7) is 5.90. The summed E-state index contributed by atoms with van der Waals surface area (Å²) in [4.78, 5) is 29.5. The molecule has 30 heavy (non-hydrogen) atoms. The average molecular weight is 411 g/mol. The first-order valence-corrected chi connectivity index (χ1v) is 11.0. The van der Waals surface area contributed by atoms with Gasteiger partial charge in [-0.3, -0.25) is 14.3 Å². The lowest BCUT2D eigenvalue weighted by atomic mass is 10.1. The van der Waals surface area contributed by atoms with E-state index in [0.717, 1.165) is 55.7 Å². The van der Waals surface area contributed by atoms with Gasteiger partial charge in [-0.15, -0.1) is 0 Å². The van der Waals surface area contributed by atoms with Crippen LogP contribution in [0.4, 0.5) is 0 Å². The van der Waals surface area contributed by atoms with Crippen molar-refractivity contribution in [1.82, 2.24) is 19.6 Å². The molecule has 160 valence electrons. The smallest absolute Gasteiger partial charge is 0.257 e. The van der Waals surface area contributed by atoms with Crippen LogP contribution in [0.5, 0.6) is 5.75 Å². The molecule has 2 aliphatic heterocycles. The Balaban J connectivity index is 1.32. The molecule has 0 spiro atoms. The Hall–Kier alpha value is -2.83. The van der Waals surface area contributed by atoms with Crippen molar-refractivity contribution in [3.05, 3.63) is 47.3 Å². The van der Waals surface area contributed by atoms with Crippen LogP contribution >= 0.6 is 0 Å². The van der Waals surface area contributed by atoms with Gasteiger partial charge in [0.25, 0.3) is 11.8 Å². The molecule has 0 bridgehead atoms. The van der Waals surface area contributed by atoms with Gasteiger partial charge in [0, 0.05) is 38.3 Å². The highest BCUT2D eigenvalue weighted by molar-refractivity contribution is 5.96. The van der Waals surface area contributed by atoms with E-state index in [1.165, 1.54) is 0 Å². The van der Waals surface area contributed by atoms with Crippen LogP contribution < -0.4 is 4.74 Å². The number of hydrogen-bond acceptors (Lipinski definition) is 4. The first-order chi connectivity index (χ1) is 14.7. The average Bonchev–Trinajstić information content (AvgIpc) is 3.23. The second-order valence-electron chi connectivity index (χ2n) is 8.00. The SMILES string of the molecule is CCCCOc1ccc(C(=O)N2CCN(C(=O)c3cnn4c3CCCC4)CC2)cc1. The number of carbonyl (C=O) groups is 2. The number of unbranched alkanes of at least 4 members (excludes halogenated alkanes) is 1. The van der Waals surface area contributed by atoms with Gasteiger partial charge in [0.1, 0.15) is 5.75 Å². The van der Waals surface area contributed by atoms with Gasteiger partial charge in [0.15, 0.2) is 0 Å². The first kappa shape index (κ1) is 20.4. The highest BCUT2D eigenvalue weighted by Gasteiger charge is 2.28. The van der Waals surface area contributed by atoms with Crippen LogP contribution in [0.25, 0.3) is 0 Å². The number of hydrogen-bond donors (Lipinski definition) is 0. The fourth-order valence-corrected chi connectivity index (χ4v) is 4.09. The number of aromatic nitrogens is 2. The van der Waals surface area contributed by atoms with E-state index in [2.05, 4.69) is 12.0 Å². The zero-order valence-electron chi connectivity index (χ0n) is 17.7. The standard InChI is InChI=1S/C23H30N4O3/c1-2-3-16-30-19-9-7-18(8-10-19)22(28)25-12-14-26(15-13-25)23(29)20-17-24-27-11-5-4-6-21(20)27/h7-10,17H,2-6,11-16H2,1H3. The van der Waals surface area contributed by atoms with Gasteiger partial charge in [-0.1, -0.05) is 13.3 Å². The van der Waals surface area contributed by atoms with Crippen molar-refractivity contribution in [2.24, 2.45) is 0 Å². The zero-order valence-corrected chi connectivity index (χ0v) is 17.7. The summed E-state index contributed by atoms with van der Waals surface area (Å²) in [6.07, 6.45) is 6.97. The van der Waals surface area contributed by atoms with Crippen LogP contribution in [0.15, 0.2) is 30.5 Å². The monoisotopic (exact) mass is 410 g/mol. The largest absolute Gasteiger partial charge is 0.494 e. The second-order valence-corrected chi connectivity index (χ2v) is 8.00. The molecule has 2 amide bonds. The minimum Gasteiger partial charge on any atom is -0.494 e. The number of fused-ring (bicyclic) bond motifs is 1. The number of amides is 2. The molecule has 7 nitrogen and oxygen atoms in total. The van der Waals surface area contributed by atoms with E-state index in [4.69, 9.17) is 4.74 Å². The second kappa shape index (κ2) is 9.32. The summed E-state index contributed by atoms with van der Waals surface area (Å²) in [5.41, 5.74) is 2.45. The molecule has 0 atom stereocenters. The molecule has 1 saturated heterocycles. The highest BCUT2D eigenvalue weighted by Crippen LogP contribution is 2.21. The fraction of sp³-hybridized carbons (Fsp3) is 0.522. The maximum absolute atomic E-state index is 13.0. The van der Waals surface area contributed by atoms with E-state index in [1.807, 2.05) is 38.7 Å². The van der Waals surface area contributed by atoms with E-state index in [-0.39, 0.29) is 11.8 Å². The molecule has 7 heteroatoms. The van der Waals surface area contributed by atoms with E-state index in [0.29, 0.717) is 38.3 Å². The minimum atomic E-state index is 0.00474. The summed E-state index contributed by atoms with van der Waals surface area (Å²) in [5.74, 6) is 0.837. The normalized spacial score (nSPS) is 16.3. The highest BCUT2D eigenvalue weighted by atomic mass is 16.5. The van der Waals surface area contributed by atoms with Crippen molar-refractivity contribution < 1.29 is 14.3 Å². The third-order valence-corrected chi connectivity index (χ3v) is 5.93. The Morgan fingerprint density at radius 1 is 0.967 bits per heavy atom. The molecule has 0 N–H and O–H groups in total. The summed E-state index contributed by atoms with van der Waals surface area (Å²) < 4.78 is 7.63. The van der Waals surface area contributed by atoms with Gasteiger partial charge in [0.2, 0.25) is 0 Å². The first-order valence-electron chi connectivity index (χ1n) is 11.0. The molecule has 4 rings (SSSR count). The van der Waals surface area contributed by atoms with Gasteiger partial charge in [0.05, 0.1) is 24.1 Å². The van der Waals surface area contributed by atoms with Gasteiger partial charge in [-0.25, -0.2) is 0 Å². The van der Waals surface area contributed by atoms with Crippen LogP contribution in [0.3, 0.4) is 0 Å². The zero-order chi connectivity index (χ0) is 20.9. The Labute approximate surface area is 177 Å². The van der Waals surface area contributed by atoms with Crippen LogP contribution in [0.1, 0.15) is 59.0 Å². The molecule has 0 saturated carbocycles. The van der Waals surface area contributed by atoms with Gasteiger partial charge >= 0.3 is 0 Å². The number of piperazine rings is 1. The molecule has 2 aromatic rings. The molecular formula is C23H30N4O3. The van der Waals surface area contributed by atoms with Crippen LogP contribution in [0, 0.1) is 0 Å². The van der Waals surface area contributed by atoms with Crippen molar-refractivity contribution in [3.63, 3.8) is 0 Å². The summed E-state index contributed by atoms with van der Waals surface area (Å²) in [7, 11) is 0. The fourth-order valence-electron chi connectivity index (χ4n) is 4.09. The van der Waals surface area contributed by atoms with Crippen molar-refractivity contribution in [2.45, 2.75) is 45.6 Å². The number of nitrogens with zero attached hydrogens (tertiary/aromatic N) is 4. The van der Waals surface area contributed by atoms with Crippen molar-refractivity contribution in [2.75, 3.05) is 32.8 Å². The lowest BCUT2D eigenvalue weighted by molar-refractivity contribution is 0.0534. The Morgan fingerprint density at radius 3 is 2.37 bits per heavy atom. The predicted octanol–water partition coefficient (Wildman–Crippen LogP) is 3.00. The molecule has 1 aromatic carbocycles. The van der Waals surface area contributed by atoms with Crippen LogP contribution in [-0.2, 0) is 13.0 Å². The van der Waals surface area contributed by atoms with E-state index in [9.17, 15) is 9.59 Å². The third-order valence-electron chi connectivity index (χ3n) is 5.93. The molecule has 0 radical (unpaired) electrons. The number of carbonyl (C=O) groups excluding carboxylic acids is 2. The molecule has 2 aliphatic rings. The van der Waals surface area contributed by atoms with Gasteiger partial charge in [-0.05, 0) is 49.9 Å². The van der Waals surface area contributed by atoms with Crippen molar-refractivity contribution in [1.29, 1.82) is 0 Å². The summed E-state index contributed by atoms with van der Waals surface area (Å²) in [5, 5.41) is 4.38. The lowest BCUT2D eigenvalue weighted by Gasteiger charge is -2.35. The molecule has 0 unspecified atom stereocenters. The van der Waals surface area contributed by atoms with Crippen molar-refractivity contribution in [3.8, 4) is 5.75 Å². The van der Waals surface area contributed by atoms with Gasteiger partial charge in [-0.2, -0.15) is 5.10 Å². The quantitative estimate of drug-likeness (QED) is 0.687. The molecular weight excluding hydrogens is 380 g/mol. The number of aryl methyl sites for hydroxylation is 1. The molecule has 1 aromatic heterocycles. The summed E-state index contributed by atoms with van der Waals surface area (Å²) >= 11 is 0. The van der Waals surface area contributed by atoms with E-state index in [1.54, 1.807) is 6.20 Å². The van der Waals surface area contributed by atoms with Crippen LogP contribution in [0.2, 0.25) is 0 Å². The Kier molecular flexibility index (Phi) is 6.35. The van der Waals surface area contributed by atoms with E-state index >= 15 is 0 Å². The lowest BCUT2D eigenvalue weighted by Crippen LogP contribution is -2.50. The summed E-state index contributed by atoms with van der Waals surface area (Å²) in [6, 6.07) is 7.35. The van der Waals surface area contributed by atoms with E-state index < -0.39 is 0 Å². The molecule has 1 fully saturated rings. The minimum absolute atomic E-state index is 0.00474. The number of ether oxygens (including phenoxy) is 1. The third kappa shape index (κ3) is 4.35. The molecule has 0 aliphatic carbocycles. The number of benzene rings is 1. The van der Waals surface area contributed by atoms with Crippen LogP contribution in [-0.4, -0.2) is 64.2 Å². The Morgan fingerprint density at radius 2 is 1.67 bits per heavy atom. The van der Waals surface area contributed by atoms with Gasteiger partial charge < -0.3 is 14.5 Å².